The first-order chi connectivity index (χ1) is 12.3. The number of nitrogens with two attached hydrogens (primary N) is 1. The Labute approximate surface area is 153 Å². The summed E-state index contributed by atoms with van der Waals surface area (Å²) in [5.74, 6) is -1.75. The molecule has 1 aromatic carbocycles. The number of carbonyl (C=O) groups is 2. The Hall–Kier alpha value is -3.20. The van der Waals surface area contributed by atoms with Crippen molar-refractivity contribution in [2.45, 2.75) is 13.0 Å². The number of hydrogen-bond acceptors (Lipinski definition) is 7. The topological polar surface area (TPSA) is 137 Å². The van der Waals surface area contributed by atoms with Crippen LogP contribution in [0.15, 0.2) is 36.5 Å². The third-order valence-electron chi connectivity index (χ3n) is 3.42. The van der Waals surface area contributed by atoms with Gasteiger partial charge in [0.05, 0.1) is 11.0 Å². The van der Waals surface area contributed by atoms with Crippen LogP contribution in [0.3, 0.4) is 0 Å². The van der Waals surface area contributed by atoms with Crippen molar-refractivity contribution in [2.75, 3.05) is 12.3 Å². The smallest absolute Gasteiger partial charge is 0.342 e. The minimum Gasteiger partial charge on any atom is -0.452 e. The van der Waals surface area contributed by atoms with E-state index in [1.807, 2.05) is 0 Å². The average molecular weight is 379 g/mol. The van der Waals surface area contributed by atoms with E-state index in [0.29, 0.717) is 5.02 Å². The molecule has 3 N–H and O–H groups in total. The van der Waals surface area contributed by atoms with Crippen molar-refractivity contribution >= 4 is 35.0 Å². The second kappa shape index (κ2) is 8.26. The number of amides is 1. The van der Waals surface area contributed by atoms with E-state index in [9.17, 15) is 19.7 Å². The lowest BCUT2D eigenvalue weighted by molar-refractivity contribution is -0.385. The van der Waals surface area contributed by atoms with Crippen molar-refractivity contribution in [3.05, 3.63) is 62.8 Å². The fraction of sp³-hybridized carbons (Fsp3) is 0.188. The van der Waals surface area contributed by atoms with Crippen LogP contribution in [-0.2, 0) is 9.53 Å². The maximum Gasteiger partial charge on any atom is 0.342 e. The van der Waals surface area contributed by atoms with Crippen molar-refractivity contribution in [2.24, 2.45) is 0 Å². The summed E-state index contributed by atoms with van der Waals surface area (Å²) >= 11 is 5.81. The molecule has 26 heavy (non-hydrogen) atoms. The summed E-state index contributed by atoms with van der Waals surface area (Å²) in [6.45, 7) is 1.18. The molecule has 0 fully saturated rings. The number of nitrogens with zero attached hydrogens (tertiary/aromatic N) is 2. The van der Waals surface area contributed by atoms with Gasteiger partial charge in [-0.25, -0.2) is 9.78 Å². The molecule has 10 heteroatoms. The van der Waals surface area contributed by atoms with Gasteiger partial charge in [0.2, 0.25) is 0 Å². The van der Waals surface area contributed by atoms with Crippen LogP contribution in [0.25, 0.3) is 0 Å². The van der Waals surface area contributed by atoms with Crippen molar-refractivity contribution in [3.63, 3.8) is 0 Å². The van der Waals surface area contributed by atoms with Gasteiger partial charge in [-0.1, -0.05) is 23.7 Å². The largest absolute Gasteiger partial charge is 0.452 e. The molecule has 1 aromatic heterocycles. The first-order valence-electron chi connectivity index (χ1n) is 7.39. The lowest BCUT2D eigenvalue weighted by atomic mass is 10.1. The zero-order valence-corrected chi connectivity index (χ0v) is 14.4. The fourth-order valence-electron chi connectivity index (χ4n) is 2.05. The average Bonchev–Trinajstić information content (AvgIpc) is 2.60. The normalized spacial score (nSPS) is 11.5. The number of pyridine rings is 1. The fourth-order valence-corrected chi connectivity index (χ4v) is 2.18. The maximum absolute atomic E-state index is 12.0. The van der Waals surface area contributed by atoms with Crippen LogP contribution in [0, 0.1) is 10.1 Å². The standard InChI is InChI=1S/C16H15ClN4O5/c1-9(10-2-4-11(17)5-3-10)20-14(22)8-26-16(23)13-6-12(21(24)25)7-19-15(13)18/h2-7,9H,8H2,1H3,(H2,18,19)(H,20,22)/t9-/m1/s1. The van der Waals surface area contributed by atoms with Crippen LogP contribution in [0.5, 0.6) is 0 Å². The van der Waals surface area contributed by atoms with Gasteiger partial charge in [0.15, 0.2) is 6.61 Å². The van der Waals surface area contributed by atoms with E-state index in [1.165, 1.54) is 0 Å². The van der Waals surface area contributed by atoms with Gasteiger partial charge in [-0.05, 0) is 24.6 Å². The summed E-state index contributed by atoms with van der Waals surface area (Å²) in [6, 6.07) is 7.51. The second-order valence-electron chi connectivity index (χ2n) is 5.30. The quantitative estimate of drug-likeness (QED) is 0.446. The molecular weight excluding hydrogens is 364 g/mol. The SMILES string of the molecule is C[C@@H](NC(=O)COC(=O)c1cc([N+](=O)[O-])cnc1N)c1ccc(Cl)cc1. The molecule has 0 saturated carbocycles. The Morgan fingerprint density at radius 1 is 1.38 bits per heavy atom. The third-order valence-corrected chi connectivity index (χ3v) is 3.67. The summed E-state index contributed by atoms with van der Waals surface area (Å²) in [4.78, 5) is 37.5. The summed E-state index contributed by atoms with van der Waals surface area (Å²) in [6.07, 6.45) is 0.923. The summed E-state index contributed by atoms with van der Waals surface area (Å²) < 4.78 is 4.85. The molecular formula is C16H15ClN4O5. The number of nitro groups is 1. The number of nitrogen functional groups attached to an aromatic ring is 1. The predicted molar refractivity (Wildman–Crippen MR) is 93.6 cm³/mol. The second-order valence-corrected chi connectivity index (χ2v) is 5.74. The van der Waals surface area contributed by atoms with Crippen molar-refractivity contribution in [1.29, 1.82) is 0 Å². The number of nitrogens with one attached hydrogen (secondary N) is 1. The number of aromatic nitrogens is 1. The Morgan fingerprint density at radius 3 is 2.65 bits per heavy atom. The van der Waals surface area contributed by atoms with E-state index in [-0.39, 0.29) is 17.4 Å². The summed E-state index contributed by atoms with van der Waals surface area (Å²) in [7, 11) is 0. The summed E-state index contributed by atoms with van der Waals surface area (Å²) in [5.41, 5.74) is 5.65. The Kier molecular flexibility index (Phi) is 6.07. The minimum atomic E-state index is -0.979. The number of esters is 1. The molecule has 0 unspecified atom stereocenters. The van der Waals surface area contributed by atoms with Gasteiger partial charge in [-0.15, -0.1) is 0 Å². The van der Waals surface area contributed by atoms with Crippen LogP contribution in [-0.4, -0.2) is 28.4 Å². The molecule has 0 bridgehead atoms. The third kappa shape index (κ3) is 4.90. The minimum absolute atomic E-state index is 0.226. The number of benzene rings is 1. The van der Waals surface area contributed by atoms with Gasteiger partial charge in [-0.3, -0.25) is 14.9 Å². The molecule has 1 atom stereocenters. The zero-order valence-electron chi connectivity index (χ0n) is 13.6. The molecule has 0 aliphatic rings. The Morgan fingerprint density at radius 2 is 2.04 bits per heavy atom. The van der Waals surface area contributed by atoms with Crippen LogP contribution in [0.4, 0.5) is 11.5 Å². The van der Waals surface area contributed by atoms with Crippen LogP contribution in [0.2, 0.25) is 5.02 Å². The highest BCUT2D eigenvalue weighted by Gasteiger charge is 2.19. The van der Waals surface area contributed by atoms with E-state index >= 15 is 0 Å². The van der Waals surface area contributed by atoms with Gasteiger partial charge in [0, 0.05) is 11.1 Å². The lowest BCUT2D eigenvalue weighted by Gasteiger charge is -2.14. The Balaban J connectivity index is 1.94. The molecule has 0 radical (unpaired) electrons. The van der Waals surface area contributed by atoms with Gasteiger partial charge in [-0.2, -0.15) is 0 Å². The molecule has 136 valence electrons. The Bertz CT molecular complexity index is 841. The molecule has 1 heterocycles. The highest BCUT2D eigenvalue weighted by atomic mass is 35.5. The lowest BCUT2D eigenvalue weighted by Crippen LogP contribution is -2.31. The van der Waals surface area contributed by atoms with E-state index < -0.39 is 29.1 Å². The predicted octanol–water partition coefficient (Wildman–Crippen LogP) is 2.26. The van der Waals surface area contributed by atoms with Crippen molar-refractivity contribution in [3.8, 4) is 0 Å². The van der Waals surface area contributed by atoms with Gasteiger partial charge >= 0.3 is 5.97 Å². The van der Waals surface area contributed by atoms with Gasteiger partial charge in [0.1, 0.15) is 17.6 Å². The van der Waals surface area contributed by atoms with Crippen LogP contribution < -0.4 is 11.1 Å². The number of halogens is 1. The molecule has 0 aliphatic heterocycles. The molecule has 0 saturated heterocycles. The number of anilines is 1. The zero-order chi connectivity index (χ0) is 19.3. The monoisotopic (exact) mass is 378 g/mol. The van der Waals surface area contributed by atoms with Gasteiger partial charge in [0.25, 0.3) is 11.6 Å². The van der Waals surface area contributed by atoms with Crippen LogP contribution >= 0.6 is 11.6 Å². The van der Waals surface area contributed by atoms with Crippen molar-refractivity contribution in [1.82, 2.24) is 10.3 Å². The van der Waals surface area contributed by atoms with E-state index in [4.69, 9.17) is 22.1 Å². The highest BCUT2D eigenvalue weighted by Crippen LogP contribution is 2.18. The molecule has 2 rings (SSSR count). The van der Waals surface area contributed by atoms with E-state index in [2.05, 4.69) is 10.3 Å². The number of ether oxygens (including phenoxy) is 1. The molecule has 0 aliphatic carbocycles. The maximum atomic E-state index is 12.0. The molecule has 2 aromatic rings. The number of hydrogen-bond donors (Lipinski definition) is 2. The van der Waals surface area contributed by atoms with E-state index in [0.717, 1.165) is 17.8 Å². The van der Waals surface area contributed by atoms with Gasteiger partial charge < -0.3 is 15.8 Å². The summed E-state index contributed by atoms with van der Waals surface area (Å²) in [5, 5.41) is 14.0. The molecule has 1 amide bonds. The number of carbonyl (C=O) groups excluding carboxylic acids is 2. The molecule has 9 nitrogen and oxygen atoms in total. The first-order valence-corrected chi connectivity index (χ1v) is 7.77. The van der Waals surface area contributed by atoms with Crippen molar-refractivity contribution < 1.29 is 19.2 Å². The van der Waals surface area contributed by atoms with E-state index in [1.54, 1.807) is 31.2 Å². The molecule has 0 spiro atoms. The van der Waals surface area contributed by atoms with Crippen LogP contribution in [0.1, 0.15) is 28.9 Å². The first kappa shape index (κ1) is 19.1. The number of rotatable bonds is 6. The highest BCUT2D eigenvalue weighted by molar-refractivity contribution is 6.30.